The molecule has 1 aromatic heterocycles. The molecule has 4 nitrogen and oxygen atoms in total. The number of nitrogens with zero attached hydrogens (tertiary/aromatic N) is 2. The Hall–Kier alpha value is -3.09. The fraction of sp³-hybridized carbons (Fsp3) is 0.273. The van der Waals surface area contributed by atoms with Crippen molar-refractivity contribution >= 4 is 5.91 Å². The van der Waals surface area contributed by atoms with Crippen LogP contribution in [0.1, 0.15) is 48.9 Å². The van der Waals surface area contributed by atoms with Crippen LogP contribution in [0.15, 0.2) is 67.3 Å². The monoisotopic (exact) mass is 401 g/mol. The van der Waals surface area contributed by atoms with Gasteiger partial charge >= 0.3 is 6.18 Å². The quantitative estimate of drug-likeness (QED) is 0.612. The summed E-state index contributed by atoms with van der Waals surface area (Å²) in [6.07, 6.45) is 1.10. The molecule has 0 saturated carbocycles. The van der Waals surface area contributed by atoms with Gasteiger partial charge in [-0.05, 0) is 48.2 Å². The van der Waals surface area contributed by atoms with Crippen LogP contribution in [0.25, 0.3) is 5.69 Å². The number of imidazole rings is 1. The van der Waals surface area contributed by atoms with E-state index < -0.39 is 11.7 Å². The van der Waals surface area contributed by atoms with Gasteiger partial charge in [0.2, 0.25) is 5.91 Å². The maximum Gasteiger partial charge on any atom is 0.416 e. The normalized spacial score (nSPS) is 13.7. The topological polar surface area (TPSA) is 46.9 Å². The molecule has 29 heavy (non-hydrogen) atoms. The van der Waals surface area contributed by atoms with E-state index in [1.165, 1.54) is 12.1 Å². The Bertz CT molecular complexity index is 933. The van der Waals surface area contributed by atoms with Crippen molar-refractivity contribution in [2.45, 2.75) is 38.4 Å². The highest BCUT2D eigenvalue weighted by Gasteiger charge is 2.30. The van der Waals surface area contributed by atoms with Crippen LogP contribution in [0.5, 0.6) is 0 Å². The van der Waals surface area contributed by atoms with Gasteiger partial charge in [0.1, 0.15) is 0 Å². The molecule has 1 amide bonds. The lowest BCUT2D eigenvalue weighted by Crippen LogP contribution is -2.27. The molecule has 0 aliphatic rings. The maximum absolute atomic E-state index is 12.7. The number of carbonyl (C=O) groups is 1. The van der Waals surface area contributed by atoms with Crippen LogP contribution >= 0.6 is 0 Å². The zero-order valence-electron chi connectivity index (χ0n) is 16.1. The Kier molecular flexibility index (Phi) is 6.06. The van der Waals surface area contributed by atoms with Crippen molar-refractivity contribution in [1.29, 1.82) is 0 Å². The lowest BCUT2D eigenvalue weighted by molar-refractivity contribution is -0.137. The minimum atomic E-state index is -4.36. The molecule has 152 valence electrons. The highest BCUT2D eigenvalue weighted by molar-refractivity contribution is 5.77. The predicted molar refractivity (Wildman–Crippen MR) is 105 cm³/mol. The molecule has 3 aromatic rings. The van der Waals surface area contributed by atoms with Crippen LogP contribution in [0, 0.1) is 0 Å². The summed E-state index contributed by atoms with van der Waals surface area (Å²) >= 11 is 0. The second kappa shape index (κ2) is 8.51. The molecule has 0 saturated heterocycles. The Balaban J connectivity index is 1.57. The molecule has 0 bridgehead atoms. The van der Waals surface area contributed by atoms with Gasteiger partial charge < -0.3 is 9.88 Å². The van der Waals surface area contributed by atoms with E-state index in [9.17, 15) is 18.0 Å². The number of aromatic nitrogens is 2. The van der Waals surface area contributed by atoms with Crippen molar-refractivity contribution in [1.82, 2.24) is 14.9 Å². The molecule has 1 N–H and O–H groups in total. The summed E-state index contributed by atoms with van der Waals surface area (Å²) in [5.74, 6) is -0.336. The van der Waals surface area contributed by atoms with Crippen LogP contribution in [-0.4, -0.2) is 15.5 Å². The number of benzene rings is 2. The lowest BCUT2D eigenvalue weighted by Gasteiger charge is -2.18. The van der Waals surface area contributed by atoms with Crippen molar-refractivity contribution in [3.63, 3.8) is 0 Å². The highest BCUT2D eigenvalue weighted by atomic mass is 19.4. The summed E-state index contributed by atoms with van der Waals surface area (Å²) in [5, 5.41) is 2.95. The first-order chi connectivity index (χ1) is 13.7. The van der Waals surface area contributed by atoms with Crippen molar-refractivity contribution in [2.24, 2.45) is 0 Å². The predicted octanol–water partition coefficient (Wildman–Crippen LogP) is 5.26. The number of rotatable bonds is 6. The second-order valence-corrected chi connectivity index (χ2v) is 7.08. The first-order valence-electron chi connectivity index (χ1n) is 9.29. The summed E-state index contributed by atoms with van der Waals surface area (Å²) in [5.41, 5.74) is 1.95. The zero-order chi connectivity index (χ0) is 21.0. The number of carbonyl (C=O) groups excluding carboxylic acids is 1. The molecule has 0 fully saturated rings. The molecule has 2 unspecified atom stereocenters. The van der Waals surface area contributed by atoms with Gasteiger partial charge in [-0.1, -0.05) is 31.2 Å². The Morgan fingerprint density at radius 1 is 1.03 bits per heavy atom. The minimum Gasteiger partial charge on any atom is -0.350 e. The number of halogens is 3. The van der Waals surface area contributed by atoms with Crippen LogP contribution in [0.3, 0.4) is 0 Å². The van der Waals surface area contributed by atoms with Crippen molar-refractivity contribution in [3.05, 3.63) is 83.9 Å². The van der Waals surface area contributed by atoms with Gasteiger partial charge in [-0.3, -0.25) is 4.79 Å². The molecule has 7 heteroatoms. The van der Waals surface area contributed by atoms with E-state index in [1.54, 1.807) is 12.5 Å². The van der Waals surface area contributed by atoms with Crippen LogP contribution in [-0.2, 0) is 11.0 Å². The molecular formula is C22H22F3N3O. The van der Waals surface area contributed by atoms with Crippen molar-refractivity contribution in [2.75, 3.05) is 0 Å². The molecule has 0 aliphatic heterocycles. The van der Waals surface area contributed by atoms with Crippen molar-refractivity contribution in [3.8, 4) is 5.69 Å². The average Bonchev–Trinajstić information content (AvgIpc) is 3.22. The van der Waals surface area contributed by atoms with Crippen LogP contribution in [0.2, 0.25) is 0 Å². The summed E-state index contributed by atoms with van der Waals surface area (Å²) in [4.78, 5) is 16.4. The third-order valence-corrected chi connectivity index (χ3v) is 4.87. The SMILES string of the molecule is CC(CC(=O)NC(C)c1ccc(-n2ccnc2)cc1)c1ccc(C(F)(F)F)cc1. The van der Waals surface area contributed by atoms with Gasteiger partial charge in [-0.15, -0.1) is 0 Å². The Morgan fingerprint density at radius 2 is 1.66 bits per heavy atom. The molecule has 1 heterocycles. The minimum absolute atomic E-state index is 0.149. The van der Waals surface area contributed by atoms with Crippen LogP contribution in [0.4, 0.5) is 13.2 Å². The third kappa shape index (κ3) is 5.25. The Labute approximate surface area is 167 Å². The highest BCUT2D eigenvalue weighted by Crippen LogP contribution is 2.30. The summed E-state index contributed by atoms with van der Waals surface area (Å²) < 4.78 is 39.9. The molecular weight excluding hydrogens is 379 g/mol. The standard InChI is InChI=1S/C22H22F3N3O/c1-15(17-3-7-19(8-4-17)22(23,24)25)13-21(29)27-16(2)18-5-9-20(10-6-18)28-12-11-26-14-28/h3-12,14-16H,13H2,1-2H3,(H,27,29). The van der Waals surface area contributed by atoms with E-state index in [-0.39, 0.29) is 24.3 Å². The third-order valence-electron chi connectivity index (χ3n) is 4.87. The van der Waals surface area contributed by atoms with Gasteiger partial charge in [-0.2, -0.15) is 13.2 Å². The number of alkyl halides is 3. The number of hydrogen-bond acceptors (Lipinski definition) is 2. The smallest absolute Gasteiger partial charge is 0.350 e. The second-order valence-electron chi connectivity index (χ2n) is 7.08. The fourth-order valence-corrected chi connectivity index (χ4v) is 3.13. The number of nitrogens with one attached hydrogen (secondary N) is 1. The fourth-order valence-electron chi connectivity index (χ4n) is 3.13. The van der Waals surface area contributed by atoms with E-state index >= 15 is 0 Å². The average molecular weight is 401 g/mol. The first-order valence-corrected chi connectivity index (χ1v) is 9.29. The summed E-state index contributed by atoms with van der Waals surface area (Å²) in [6.45, 7) is 3.72. The first kappa shape index (κ1) is 20.6. The van der Waals surface area contributed by atoms with Crippen LogP contribution < -0.4 is 5.32 Å². The zero-order valence-corrected chi connectivity index (χ0v) is 16.1. The molecule has 2 aromatic carbocycles. The summed E-state index contributed by atoms with van der Waals surface area (Å²) in [6, 6.07) is 12.6. The van der Waals surface area contributed by atoms with E-state index in [0.717, 1.165) is 23.4 Å². The van der Waals surface area contributed by atoms with Gasteiger partial charge in [0, 0.05) is 24.5 Å². The van der Waals surface area contributed by atoms with E-state index in [0.29, 0.717) is 5.56 Å². The summed E-state index contributed by atoms with van der Waals surface area (Å²) in [7, 11) is 0. The largest absolute Gasteiger partial charge is 0.416 e. The number of amides is 1. The lowest BCUT2D eigenvalue weighted by atomic mass is 9.96. The number of hydrogen-bond donors (Lipinski definition) is 1. The van der Waals surface area contributed by atoms with E-state index in [4.69, 9.17) is 0 Å². The molecule has 3 rings (SSSR count). The molecule has 0 spiro atoms. The van der Waals surface area contributed by atoms with Gasteiger partial charge in [0.15, 0.2) is 0 Å². The Morgan fingerprint density at radius 3 is 2.21 bits per heavy atom. The van der Waals surface area contributed by atoms with Crippen molar-refractivity contribution < 1.29 is 18.0 Å². The van der Waals surface area contributed by atoms with E-state index in [1.807, 2.05) is 48.9 Å². The molecule has 2 atom stereocenters. The molecule has 0 radical (unpaired) electrons. The van der Waals surface area contributed by atoms with Gasteiger partial charge in [0.25, 0.3) is 0 Å². The maximum atomic E-state index is 12.7. The van der Waals surface area contributed by atoms with Gasteiger partial charge in [-0.25, -0.2) is 4.98 Å². The van der Waals surface area contributed by atoms with Gasteiger partial charge in [0.05, 0.1) is 17.9 Å². The molecule has 0 aliphatic carbocycles. The van der Waals surface area contributed by atoms with E-state index in [2.05, 4.69) is 10.3 Å².